The summed E-state index contributed by atoms with van der Waals surface area (Å²) in [7, 11) is 0. The van der Waals surface area contributed by atoms with Crippen molar-refractivity contribution < 1.29 is 4.79 Å². The maximum atomic E-state index is 11.8. The van der Waals surface area contributed by atoms with Gasteiger partial charge in [-0.2, -0.15) is 0 Å². The molecule has 0 spiro atoms. The minimum Gasteiger partial charge on any atom is -0.342 e. The summed E-state index contributed by atoms with van der Waals surface area (Å²) in [6.45, 7) is 13.2. The molecule has 3 nitrogen and oxygen atoms in total. The predicted octanol–water partition coefficient (Wildman–Crippen LogP) is 2.35. The van der Waals surface area contributed by atoms with Crippen LogP contribution in [-0.2, 0) is 4.79 Å². The van der Waals surface area contributed by atoms with E-state index in [1.165, 1.54) is 0 Å². The molecule has 0 aromatic carbocycles. The highest BCUT2D eigenvalue weighted by atomic mass is 79.9. The van der Waals surface area contributed by atoms with Crippen molar-refractivity contribution in [1.82, 2.24) is 9.80 Å². The van der Waals surface area contributed by atoms with Crippen molar-refractivity contribution in [2.75, 3.05) is 32.7 Å². The monoisotopic (exact) mass is 292 g/mol. The van der Waals surface area contributed by atoms with Crippen molar-refractivity contribution in [3.8, 4) is 0 Å². The summed E-state index contributed by atoms with van der Waals surface area (Å²) in [4.78, 5) is 16.0. The van der Waals surface area contributed by atoms with E-state index in [1.807, 2.05) is 18.7 Å². The largest absolute Gasteiger partial charge is 0.342 e. The average molecular weight is 293 g/mol. The molecule has 96 valence electrons. The van der Waals surface area contributed by atoms with E-state index in [2.05, 4.69) is 34.7 Å². The topological polar surface area (TPSA) is 23.6 Å². The fourth-order valence-electron chi connectivity index (χ4n) is 1.70. The number of alkyl halides is 1. The lowest BCUT2D eigenvalue weighted by Gasteiger charge is -2.24. The SMILES string of the molecule is CCN(CC)CCCN(CC)C(=O)C(C)Br. The van der Waals surface area contributed by atoms with Crippen LogP contribution in [0.1, 0.15) is 34.1 Å². The van der Waals surface area contributed by atoms with Crippen LogP contribution in [0.3, 0.4) is 0 Å². The molecule has 1 atom stereocenters. The molecule has 0 radical (unpaired) electrons. The Balaban J connectivity index is 3.92. The molecule has 0 saturated heterocycles. The molecule has 0 aliphatic heterocycles. The number of halogens is 1. The summed E-state index contributed by atoms with van der Waals surface area (Å²) < 4.78 is 0. The highest BCUT2D eigenvalue weighted by molar-refractivity contribution is 9.10. The van der Waals surface area contributed by atoms with Crippen LogP contribution in [0.5, 0.6) is 0 Å². The lowest BCUT2D eigenvalue weighted by atomic mass is 10.3. The Morgan fingerprint density at radius 2 is 1.69 bits per heavy atom. The zero-order chi connectivity index (χ0) is 12.6. The molecular weight excluding hydrogens is 268 g/mol. The van der Waals surface area contributed by atoms with Crippen LogP contribution in [0, 0.1) is 0 Å². The van der Waals surface area contributed by atoms with E-state index in [1.54, 1.807) is 0 Å². The van der Waals surface area contributed by atoms with Gasteiger partial charge in [0.1, 0.15) is 0 Å². The van der Waals surface area contributed by atoms with Crippen LogP contribution in [0.2, 0.25) is 0 Å². The zero-order valence-corrected chi connectivity index (χ0v) is 12.6. The summed E-state index contributed by atoms with van der Waals surface area (Å²) in [6.07, 6.45) is 1.06. The van der Waals surface area contributed by atoms with Gasteiger partial charge in [0.15, 0.2) is 0 Å². The molecule has 1 amide bonds. The van der Waals surface area contributed by atoms with Gasteiger partial charge in [-0.15, -0.1) is 0 Å². The quantitative estimate of drug-likeness (QED) is 0.641. The molecule has 0 aromatic rings. The van der Waals surface area contributed by atoms with E-state index in [4.69, 9.17) is 0 Å². The first kappa shape index (κ1) is 15.9. The minimum atomic E-state index is -0.0686. The Morgan fingerprint density at radius 1 is 1.12 bits per heavy atom. The number of hydrogen-bond acceptors (Lipinski definition) is 2. The molecule has 0 saturated carbocycles. The van der Waals surface area contributed by atoms with Crippen molar-refractivity contribution >= 4 is 21.8 Å². The highest BCUT2D eigenvalue weighted by Gasteiger charge is 2.16. The number of carbonyl (C=O) groups excluding carboxylic acids is 1. The maximum absolute atomic E-state index is 11.8. The van der Waals surface area contributed by atoms with E-state index < -0.39 is 0 Å². The molecule has 1 unspecified atom stereocenters. The zero-order valence-electron chi connectivity index (χ0n) is 11.0. The molecule has 0 aliphatic carbocycles. The second-order valence-electron chi connectivity index (χ2n) is 3.91. The second kappa shape index (κ2) is 8.99. The third kappa shape index (κ3) is 5.85. The first-order chi connectivity index (χ1) is 7.56. The van der Waals surface area contributed by atoms with Crippen LogP contribution in [0.4, 0.5) is 0 Å². The average Bonchev–Trinajstić information content (AvgIpc) is 2.28. The Morgan fingerprint density at radius 3 is 2.06 bits per heavy atom. The van der Waals surface area contributed by atoms with Gasteiger partial charge in [-0.1, -0.05) is 29.8 Å². The van der Waals surface area contributed by atoms with Gasteiger partial charge in [0.05, 0.1) is 4.83 Å². The standard InChI is InChI=1S/C12H25BrN2O/c1-5-14(6-2)9-8-10-15(7-3)12(16)11(4)13/h11H,5-10H2,1-4H3. The smallest absolute Gasteiger partial charge is 0.236 e. The van der Waals surface area contributed by atoms with Gasteiger partial charge < -0.3 is 9.80 Å². The van der Waals surface area contributed by atoms with Crippen molar-refractivity contribution in [1.29, 1.82) is 0 Å². The number of nitrogens with zero attached hydrogens (tertiary/aromatic N) is 2. The van der Waals surface area contributed by atoms with Crippen molar-refractivity contribution in [3.05, 3.63) is 0 Å². The normalized spacial score (nSPS) is 12.9. The van der Waals surface area contributed by atoms with Crippen LogP contribution in [0.15, 0.2) is 0 Å². The molecule has 16 heavy (non-hydrogen) atoms. The molecule has 0 fully saturated rings. The van der Waals surface area contributed by atoms with Gasteiger partial charge in [0, 0.05) is 13.1 Å². The Bertz CT molecular complexity index is 193. The Kier molecular flexibility index (Phi) is 8.94. The summed E-state index contributed by atoms with van der Waals surface area (Å²) in [6, 6.07) is 0. The minimum absolute atomic E-state index is 0.0686. The van der Waals surface area contributed by atoms with Gasteiger partial charge >= 0.3 is 0 Å². The Labute approximate surface area is 108 Å². The predicted molar refractivity (Wildman–Crippen MR) is 73.0 cm³/mol. The molecule has 0 aromatic heterocycles. The number of amides is 1. The fourth-order valence-corrected chi connectivity index (χ4v) is 1.99. The maximum Gasteiger partial charge on any atom is 0.236 e. The van der Waals surface area contributed by atoms with E-state index >= 15 is 0 Å². The molecule has 4 heteroatoms. The molecule has 0 bridgehead atoms. The summed E-state index contributed by atoms with van der Waals surface area (Å²) >= 11 is 3.33. The fraction of sp³-hybridized carbons (Fsp3) is 0.917. The summed E-state index contributed by atoms with van der Waals surface area (Å²) in [5.74, 6) is 0.196. The van der Waals surface area contributed by atoms with E-state index in [0.29, 0.717) is 0 Å². The first-order valence-electron chi connectivity index (χ1n) is 6.21. The van der Waals surface area contributed by atoms with Gasteiger partial charge in [-0.05, 0) is 39.9 Å². The molecule has 0 rings (SSSR count). The van der Waals surface area contributed by atoms with Crippen LogP contribution in [-0.4, -0.2) is 53.3 Å². The molecule has 0 N–H and O–H groups in total. The van der Waals surface area contributed by atoms with Crippen LogP contribution >= 0.6 is 15.9 Å². The lowest BCUT2D eigenvalue weighted by molar-refractivity contribution is -0.130. The third-order valence-electron chi connectivity index (χ3n) is 2.83. The van der Waals surface area contributed by atoms with Gasteiger partial charge in [-0.3, -0.25) is 4.79 Å². The van der Waals surface area contributed by atoms with Gasteiger partial charge in [-0.25, -0.2) is 0 Å². The second-order valence-corrected chi connectivity index (χ2v) is 5.29. The van der Waals surface area contributed by atoms with Crippen molar-refractivity contribution in [2.24, 2.45) is 0 Å². The number of rotatable bonds is 8. The molecule has 0 aliphatic rings. The van der Waals surface area contributed by atoms with E-state index in [-0.39, 0.29) is 10.7 Å². The van der Waals surface area contributed by atoms with E-state index in [0.717, 1.165) is 39.1 Å². The number of hydrogen-bond donors (Lipinski definition) is 0. The summed E-state index contributed by atoms with van der Waals surface area (Å²) in [5, 5.41) is 0. The van der Waals surface area contributed by atoms with Crippen LogP contribution < -0.4 is 0 Å². The number of carbonyl (C=O) groups is 1. The van der Waals surface area contributed by atoms with Crippen LogP contribution in [0.25, 0.3) is 0 Å². The first-order valence-corrected chi connectivity index (χ1v) is 7.13. The summed E-state index contributed by atoms with van der Waals surface area (Å²) in [5.41, 5.74) is 0. The third-order valence-corrected chi connectivity index (χ3v) is 3.22. The lowest BCUT2D eigenvalue weighted by Crippen LogP contribution is -2.37. The highest BCUT2D eigenvalue weighted by Crippen LogP contribution is 2.05. The van der Waals surface area contributed by atoms with E-state index in [9.17, 15) is 4.79 Å². The van der Waals surface area contributed by atoms with Crippen molar-refractivity contribution in [2.45, 2.75) is 38.9 Å². The van der Waals surface area contributed by atoms with Gasteiger partial charge in [0.2, 0.25) is 5.91 Å². The van der Waals surface area contributed by atoms with Gasteiger partial charge in [0.25, 0.3) is 0 Å². The van der Waals surface area contributed by atoms with Crippen molar-refractivity contribution in [3.63, 3.8) is 0 Å². The molecular formula is C12H25BrN2O. The Hall–Kier alpha value is -0.0900. The molecule has 0 heterocycles.